The molecule has 20 heteroatoms. The van der Waals surface area contributed by atoms with Gasteiger partial charge >= 0.3 is 92.8 Å². The Hall–Kier alpha value is 1.70. The van der Waals surface area contributed by atoms with Crippen LogP contribution in [0.4, 0.5) is 0 Å². The summed E-state index contributed by atoms with van der Waals surface area (Å²) in [5, 5.41) is 0. The first kappa shape index (κ1) is 3220. The van der Waals surface area contributed by atoms with Crippen LogP contribution in [-0.2, 0) is 38.3 Å². The summed E-state index contributed by atoms with van der Waals surface area (Å²) in [6.45, 7) is 0. The van der Waals surface area contributed by atoms with E-state index in [2.05, 4.69) is 0 Å². The van der Waals surface area contributed by atoms with Gasteiger partial charge in [0.15, 0.2) is 0 Å². The van der Waals surface area contributed by atoms with Crippen molar-refractivity contribution in [1.29, 1.82) is 0 Å². The maximum absolute atomic E-state index is 0. The Bertz CT molecular complexity index is 23.1. The van der Waals surface area contributed by atoms with E-state index in [4.69, 9.17) is 0 Å². The summed E-state index contributed by atoms with van der Waals surface area (Å²) >= 11 is 0. The third-order valence-electron chi connectivity index (χ3n) is 0. The third-order valence-corrected chi connectivity index (χ3v) is 0. The molecule has 0 radical (unpaired) electrons. The van der Waals surface area contributed by atoms with E-state index in [0.717, 1.165) is 0 Å². The predicted molar refractivity (Wildman–Crippen MR) is 53.1 cm³/mol. The van der Waals surface area contributed by atoms with Gasteiger partial charge in [0.05, 0.1) is 0 Å². The molecule has 0 amide bonds. The topological polar surface area (TPSA) is 420 Å². The Morgan fingerprint density at radius 3 is 0.200 bits per heavy atom. The second kappa shape index (κ2) is 2780. The van der Waals surface area contributed by atoms with Gasteiger partial charge in [-0.05, 0) is 0 Å². The number of hydrogen-bond acceptors (Lipinski definition) is 0. The first-order valence-electron chi connectivity index (χ1n) is 0. The van der Waals surface area contributed by atoms with Gasteiger partial charge in [-0.1, -0.05) is 0 Å². The van der Waals surface area contributed by atoms with Crippen LogP contribution in [0.1, 0.15) is 0 Å². The van der Waals surface area contributed by atoms with Crippen LogP contribution in [0.3, 0.4) is 0 Å². The molecular weight excluding hydrogens is 313 g/mol. The second-order valence-corrected chi connectivity index (χ2v) is 0. The van der Waals surface area contributed by atoms with Crippen molar-refractivity contribution in [1.82, 2.24) is 0 Å². The molecule has 0 aromatic rings. The zero-order valence-electron chi connectivity index (χ0n) is 10.7. The zero-order chi connectivity index (χ0) is 0. The Labute approximate surface area is 168 Å². The molecule has 0 heterocycles. The van der Waals surface area contributed by atoms with Gasteiger partial charge in [0.1, 0.15) is 0 Å². The number of rotatable bonds is 0. The molecule has 0 aliphatic rings. The third kappa shape index (κ3) is 2380. The van der Waals surface area contributed by atoms with Gasteiger partial charge in [-0.15, -0.1) is 0 Å². The normalized spacial score (nSPS) is 0. The smallest absolute Gasteiger partial charge is 2.00 e. The van der Waals surface area contributed by atoms with Gasteiger partial charge in [-0.2, -0.15) is 0 Å². The molecular formula is H14B4Na2O14. The van der Waals surface area contributed by atoms with E-state index in [9.17, 15) is 0 Å². The molecule has 0 aliphatic heterocycles. The van der Waals surface area contributed by atoms with Gasteiger partial charge in [0.2, 0.25) is 0 Å². The summed E-state index contributed by atoms with van der Waals surface area (Å²) in [5.41, 5.74) is 0. The Balaban J connectivity index is 0. The first-order valence-corrected chi connectivity index (χ1v) is 0. The maximum atomic E-state index is 0. The summed E-state index contributed by atoms with van der Waals surface area (Å²) in [7, 11) is 0. The molecule has 0 saturated carbocycles. The van der Waals surface area contributed by atoms with Crippen molar-refractivity contribution in [2.75, 3.05) is 0 Å². The van der Waals surface area contributed by atoms with Crippen molar-refractivity contribution in [2.24, 2.45) is 0 Å². The molecule has 0 aromatic carbocycles. The fourth-order valence-corrected chi connectivity index (χ4v) is 0. The van der Waals surface area contributed by atoms with Crippen LogP contribution in [0.15, 0.2) is 0 Å². The van der Waals surface area contributed by atoms with E-state index in [0.29, 0.717) is 0 Å². The fraction of sp³-hybridized carbons (Fsp3) is 0. The minimum atomic E-state index is 0. The second-order valence-electron chi connectivity index (χ2n) is 0. The quantitative estimate of drug-likeness (QED) is 0.373. The molecule has 14 N–H and O–H groups in total. The molecule has 0 aromatic heterocycles. The molecule has 0 rings (SSSR count). The first-order chi connectivity index (χ1) is 0. The van der Waals surface area contributed by atoms with Crippen LogP contribution in [0.2, 0.25) is 0 Å². The van der Waals surface area contributed by atoms with E-state index in [1.807, 2.05) is 0 Å². The van der Waals surface area contributed by atoms with Gasteiger partial charge in [0, 0.05) is 0 Å². The Morgan fingerprint density at radius 2 is 0.200 bits per heavy atom. The van der Waals surface area contributed by atoms with Crippen molar-refractivity contribution in [3.63, 3.8) is 0 Å². The van der Waals surface area contributed by atoms with Crippen LogP contribution in [0.25, 0.3) is 0 Å². The van der Waals surface area contributed by atoms with Crippen LogP contribution >= 0.6 is 0 Å². The summed E-state index contributed by atoms with van der Waals surface area (Å²) in [4.78, 5) is 0. The molecule has 20 heavy (non-hydrogen) atoms. The van der Waals surface area contributed by atoms with E-state index < -0.39 is 0 Å². The summed E-state index contributed by atoms with van der Waals surface area (Å²) in [6, 6.07) is 0. The van der Waals surface area contributed by atoms with E-state index in [1.54, 1.807) is 0 Å². The van der Waals surface area contributed by atoms with Crippen LogP contribution in [0.5, 0.6) is 0 Å². The maximum Gasteiger partial charge on any atom is 3.00 e. The minimum absolute atomic E-state index is 0. The van der Waals surface area contributed by atoms with Crippen LogP contribution in [-0.4, -0.2) is 72.0 Å². The Morgan fingerprint density at radius 1 is 0.200 bits per heavy atom. The van der Waals surface area contributed by atoms with E-state index >= 15 is 0 Å². The van der Waals surface area contributed by atoms with Gasteiger partial charge < -0.3 is 76.7 Å². The molecule has 0 aliphatic carbocycles. The molecule has 0 unspecified atom stereocenters. The molecule has 0 atom stereocenters. The van der Waals surface area contributed by atoms with Gasteiger partial charge in [-0.3, -0.25) is 0 Å². The van der Waals surface area contributed by atoms with Crippen LogP contribution < -0.4 is 59.1 Å². The largest absolute Gasteiger partial charge is 3.00 e. The SMILES string of the molecule is O.O.O.O.O.O.O.[B+3].[B+3].[B+3].[B+3].[Na+].[Na+].[O-2].[O-2].[O-2].[O-2].[O-2].[O-2].[O-2]. The van der Waals surface area contributed by atoms with E-state index in [1.165, 1.54) is 0 Å². The summed E-state index contributed by atoms with van der Waals surface area (Å²) in [5.74, 6) is 0. The van der Waals surface area contributed by atoms with Crippen molar-refractivity contribution < 1.29 is 136 Å². The molecule has 0 spiro atoms. The zero-order valence-corrected chi connectivity index (χ0v) is 14.7. The van der Waals surface area contributed by atoms with Crippen LogP contribution in [0, 0.1) is 0 Å². The molecule has 0 saturated heterocycles. The molecule has 0 fully saturated rings. The van der Waals surface area contributed by atoms with E-state index in [-0.39, 0.29) is 169 Å². The monoisotopic (exact) mass is 328 g/mol. The van der Waals surface area contributed by atoms with Crippen molar-refractivity contribution in [3.05, 3.63) is 0 Å². The van der Waals surface area contributed by atoms with Gasteiger partial charge in [-0.25, -0.2) is 0 Å². The summed E-state index contributed by atoms with van der Waals surface area (Å²) < 4.78 is 0. The fourth-order valence-electron chi connectivity index (χ4n) is 0. The van der Waals surface area contributed by atoms with Crippen molar-refractivity contribution in [3.8, 4) is 0 Å². The van der Waals surface area contributed by atoms with Crippen molar-refractivity contribution >= 4 is 33.7 Å². The van der Waals surface area contributed by atoms with Crippen molar-refractivity contribution in [2.45, 2.75) is 0 Å². The summed E-state index contributed by atoms with van der Waals surface area (Å²) in [6.07, 6.45) is 0. The standard InChI is InChI=1S/4B.2Na.7H2O.7O/h;;;;;;7*1H2;;;;;;;/q4*+3;2*+1;;;;;;;;7*-2. The molecule has 112 valence electrons. The average molecular weight is 327 g/mol. The minimum Gasteiger partial charge on any atom is -2.00 e. The molecule has 0 bridgehead atoms. The average Bonchev–Trinajstić information content (AvgIpc) is 0. The number of hydrogen-bond donors (Lipinski definition) is 0. The van der Waals surface area contributed by atoms with Gasteiger partial charge in [0.25, 0.3) is 0 Å². The molecule has 14 nitrogen and oxygen atoms in total. The predicted octanol–water partition coefficient (Wildman–Crippen LogP) is -14.1. The Kier molecular flexibility index (Phi) is 447000.